The van der Waals surface area contributed by atoms with Gasteiger partial charge in [-0.3, -0.25) is 4.79 Å². The molecule has 0 aliphatic heterocycles. The summed E-state index contributed by atoms with van der Waals surface area (Å²) >= 11 is 7.71. The predicted octanol–water partition coefficient (Wildman–Crippen LogP) is 3.49. The van der Waals surface area contributed by atoms with Crippen molar-refractivity contribution in [2.75, 3.05) is 18.9 Å². The van der Waals surface area contributed by atoms with E-state index in [1.807, 2.05) is 45.2 Å². The Morgan fingerprint density at radius 2 is 2.14 bits per heavy atom. The summed E-state index contributed by atoms with van der Waals surface area (Å²) in [5.41, 5.74) is 2.00. The average molecular weight is 338 g/mol. The van der Waals surface area contributed by atoms with E-state index in [1.54, 1.807) is 0 Å². The van der Waals surface area contributed by atoms with Gasteiger partial charge in [-0.1, -0.05) is 36.7 Å². The van der Waals surface area contributed by atoms with Crippen LogP contribution in [0.15, 0.2) is 24.3 Å². The highest BCUT2D eigenvalue weighted by atomic mass is 35.5. The number of anilines is 1. The Balaban J connectivity index is 2.08. The third-order valence-electron chi connectivity index (χ3n) is 3.39. The number of aryl methyl sites for hydroxylation is 1. The van der Waals surface area contributed by atoms with Crippen LogP contribution < -0.4 is 10.6 Å². The highest BCUT2D eigenvalue weighted by Crippen LogP contribution is 2.27. The Morgan fingerprint density at radius 3 is 2.82 bits per heavy atom. The van der Waals surface area contributed by atoms with Crippen molar-refractivity contribution in [2.45, 2.75) is 20.3 Å². The van der Waals surface area contributed by atoms with E-state index in [0.717, 1.165) is 27.6 Å². The number of halogens is 1. The van der Waals surface area contributed by atoms with E-state index in [9.17, 15) is 4.79 Å². The fourth-order valence-corrected chi connectivity index (χ4v) is 3.28. The molecular formula is C16H20ClN3OS. The number of thiazole rings is 1. The standard InChI is InChI=1S/C16H20ClN3OS/c1-10(9-18-3)15(21)20-16-19-11(2)14(22-16)8-12-6-4-5-7-13(12)17/h4-7,10,18H,8-9H2,1-3H3,(H,19,20,21). The van der Waals surface area contributed by atoms with Gasteiger partial charge in [0.25, 0.3) is 0 Å². The summed E-state index contributed by atoms with van der Waals surface area (Å²) in [6.07, 6.45) is 0.727. The summed E-state index contributed by atoms with van der Waals surface area (Å²) in [6, 6.07) is 7.78. The molecular weight excluding hydrogens is 318 g/mol. The van der Waals surface area contributed by atoms with Gasteiger partial charge in [0, 0.05) is 28.8 Å². The third kappa shape index (κ3) is 4.29. The summed E-state index contributed by atoms with van der Waals surface area (Å²) in [6.45, 7) is 4.48. The zero-order chi connectivity index (χ0) is 16.1. The van der Waals surface area contributed by atoms with Gasteiger partial charge in [0.05, 0.1) is 5.69 Å². The Kier molecular flexibility index (Phi) is 5.94. The number of hydrogen-bond acceptors (Lipinski definition) is 4. The molecule has 118 valence electrons. The molecule has 2 rings (SSSR count). The van der Waals surface area contributed by atoms with E-state index in [-0.39, 0.29) is 11.8 Å². The van der Waals surface area contributed by atoms with E-state index >= 15 is 0 Å². The molecule has 0 radical (unpaired) electrons. The van der Waals surface area contributed by atoms with Gasteiger partial charge in [-0.05, 0) is 25.6 Å². The molecule has 1 amide bonds. The van der Waals surface area contributed by atoms with Gasteiger partial charge >= 0.3 is 0 Å². The molecule has 0 aliphatic rings. The molecule has 0 bridgehead atoms. The molecule has 0 saturated carbocycles. The van der Waals surface area contributed by atoms with Crippen LogP contribution in [-0.4, -0.2) is 24.5 Å². The topological polar surface area (TPSA) is 54.0 Å². The Morgan fingerprint density at radius 1 is 1.41 bits per heavy atom. The molecule has 1 atom stereocenters. The molecule has 6 heteroatoms. The molecule has 0 spiro atoms. The molecule has 22 heavy (non-hydrogen) atoms. The summed E-state index contributed by atoms with van der Waals surface area (Å²) < 4.78 is 0. The largest absolute Gasteiger partial charge is 0.319 e. The molecule has 1 heterocycles. The minimum absolute atomic E-state index is 0.0209. The summed E-state index contributed by atoms with van der Waals surface area (Å²) in [5, 5.41) is 7.28. The van der Waals surface area contributed by atoms with Crippen molar-refractivity contribution >= 4 is 34.0 Å². The normalized spacial score (nSPS) is 12.2. The lowest BCUT2D eigenvalue weighted by atomic mass is 10.1. The number of aromatic nitrogens is 1. The van der Waals surface area contributed by atoms with Crippen LogP contribution in [-0.2, 0) is 11.2 Å². The average Bonchev–Trinajstić information content (AvgIpc) is 2.81. The van der Waals surface area contributed by atoms with E-state index in [1.165, 1.54) is 11.3 Å². The first kappa shape index (κ1) is 16.9. The number of benzene rings is 1. The predicted molar refractivity (Wildman–Crippen MR) is 92.8 cm³/mol. The molecule has 1 aromatic carbocycles. The first-order valence-electron chi connectivity index (χ1n) is 7.16. The Hall–Kier alpha value is -1.43. The second-order valence-electron chi connectivity index (χ2n) is 5.24. The van der Waals surface area contributed by atoms with Gasteiger partial charge in [0.2, 0.25) is 5.91 Å². The van der Waals surface area contributed by atoms with Gasteiger partial charge < -0.3 is 10.6 Å². The molecule has 2 N–H and O–H groups in total. The molecule has 1 unspecified atom stereocenters. The lowest BCUT2D eigenvalue weighted by Gasteiger charge is -2.09. The molecule has 4 nitrogen and oxygen atoms in total. The fraction of sp³-hybridized carbons (Fsp3) is 0.375. The summed E-state index contributed by atoms with van der Waals surface area (Å²) in [5.74, 6) is -0.117. The van der Waals surface area contributed by atoms with E-state index < -0.39 is 0 Å². The highest BCUT2D eigenvalue weighted by Gasteiger charge is 2.16. The van der Waals surface area contributed by atoms with Crippen LogP contribution in [0.3, 0.4) is 0 Å². The second kappa shape index (κ2) is 7.72. The molecule has 0 aliphatic carbocycles. The minimum Gasteiger partial charge on any atom is -0.319 e. The Labute approximate surface area is 139 Å². The molecule has 0 fully saturated rings. The Bertz CT molecular complexity index is 657. The van der Waals surface area contributed by atoms with Crippen molar-refractivity contribution in [2.24, 2.45) is 5.92 Å². The first-order valence-corrected chi connectivity index (χ1v) is 8.36. The number of rotatable bonds is 6. The van der Waals surface area contributed by atoms with Gasteiger partial charge in [-0.15, -0.1) is 11.3 Å². The quantitative estimate of drug-likeness (QED) is 0.848. The number of amides is 1. The van der Waals surface area contributed by atoms with Crippen molar-refractivity contribution in [3.63, 3.8) is 0 Å². The van der Waals surface area contributed by atoms with Gasteiger partial charge in [-0.25, -0.2) is 4.98 Å². The number of hydrogen-bond donors (Lipinski definition) is 2. The SMILES string of the molecule is CNCC(C)C(=O)Nc1nc(C)c(Cc2ccccc2Cl)s1. The lowest BCUT2D eigenvalue weighted by Crippen LogP contribution is -2.28. The van der Waals surface area contributed by atoms with Crippen molar-refractivity contribution < 1.29 is 4.79 Å². The van der Waals surface area contributed by atoms with Crippen LogP contribution in [0.4, 0.5) is 5.13 Å². The second-order valence-corrected chi connectivity index (χ2v) is 6.73. The molecule has 1 aromatic heterocycles. The van der Waals surface area contributed by atoms with E-state index in [0.29, 0.717) is 11.7 Å². The number of nitrogens with one attached hydrogen (secondary N) is 2. The van der Waals surface area contributed by atoms with Crippen LogP contribution in [0.25, 0.3) is 0 Å². The monoisotopic (exact) mass is 337 g/mol. The van der Waals surface area contributed by atoms with Crippen molar-refractivity contribution in [3.05, 3.63) is 45.4 Å². The minimum atomic E-state index is -0.0961. The van der Waals surface area contributed by atoms with Crippen molar-refractivity contribution in [3.8, 4) is 0 Å². The summed E-state index contributed by atoms with van der Waals surface area (Å²) in [4.78, 5) is 17.6. The maximum atomic E-state index is 12.0. The summed E-state index contributed by atoms with van der Waals surface area (Å²) in [7, 11) is 1.83. The van der Waals surface area contributed by atoms with Crippen molar-refractivity contribution in [1.29, 1.82) is 0 Å². The number of nitrogens with zero attached hydrogens (tertiary/aromatic N) is 1. The zero-order valence-electron chi connectivity index (χ0n) is 12.9. The van der Waals surface area contributed by atoms with Crippen LogP contribution in [0.2, 0.25) is 5.02 Å². The smallest absolute Gasteiger partial charge is 0.230 e. The maximum absolute atomic E-state index is 12.0. The fourth-order valence-electron chi connectivity index (χ4n) is 2.09. The van der Waals surface area contributed by atoms with Crippen LogP contribution >= 0.6 is 22.9 Å². The van der Waals surface area contributed by atoms with Crippen LogP contribution in [0.1, 0.15) is 23.1 Å². The van der Waals surface area contributed by atoms with E-state index in [4.69, 9.17) is 11.6 Å². The van der Waals surface area contributed by atoms with Crippen molar-refractivity contribution in [1.82, 2.24) is 10.3 Å². The maximum Gasteiger partial charge on any atom is 0.230 e. The van der Waals surface area contributed by atoms with E-state index in [2.05, 4.69) is 15.6 Å². The highest BCUT2D eigenvalue weighted by molar-refractivity contribution is 7.15. The van der Waals surface area contributed by atoms with Crippen LogP contribution in [0.5, 0.6) is 0 Å². The zero-order valence-corrected chi connectivity index (χ0v) is 14.5. The first-order chi connectivity index (χ1) is 10.5. The number of carbonyl (C=O) groups is 1. The van der Waals surface area contributed by atoms with Gasteiger partial charge in [0.15, 0.2) is 5.13 Å². The lowest BCUT2D eigenvalue weighted by molar-refractivity contribution is -0.119. The van der Waals surface area contributed by atoms with Crippen LogP contribution in [0, 0.1) is 12.8 Å². The third-order valence-corrected chi connectivity index (χ3v) is 4.83. The molecule has 2 aromatic rings. The van der Waals surface area contributed by atoms with Gasteiger partial charge in [-0.2, -0.15) is 0 Å². The molecule has 0 saturated heterocycles. The van der Waals surface area contributed by atoms with Gasteiger partial charge in [0.1, 0.15) is 0 Å². The number of carbonyl (C=O) groups excluding carboxylic acids is 1.